The molecule has 0 aliphatic rings. The number of amides is 1. The van der Waals surface area contributed by atoms with Crippen molar-refractivity contribution in [2.75, 3.05) is 5.88 Å². The molecule has 0 fully saturated rings. The summed E-state index contributed by atoms with van der Waals surface area (Å²) in [6.45, 7) is 5.73. The molecular weight excluding hydrogens is 276 g/mol. The zero-order valence-electron chi connectivity index (χ0n) is 11.9. The van der Waals surface area contributed by atoms with Crippen LogP contribution in [0.5, 0.6) is 0 Å². The molecule has 0 saturated carbocycles. The first-order valence-electron chi connectivity index (χ1n) is 6.72. The molecular formula is C14H19ClN4O. The minimum atomic E-state index is -0.365. The summed E-state index contributed by atoms with van der Waals surface area (Å²) in [6, 6.07) is 3.46. The number of rotatable bonds is 5. The fourth-order valence-corrected chi connectivity index (χ4v) is 2.34. The highest BCUT2D eigenvalue weighted by Gasteiger charge is 2.22. The van der Waals surface area contributed by atoms with Crippen LogP contribution in [0.15, 0.2) is 18.3 Å². The molecule has 0 aliphatic carbocycles. The quantitative estimate of drug-likeness (QED) is 0.861. The molecule has 1 atom stereocenters. The molecule has 2 heterocycles. The third-order valence-electron chi connectivity index (χ3n) is 3.04. The van der Waals surface area contributed by atoms with E-state index in [-0.39, 0.29) is 18.0 Å². The average Bonchev–Trinajstić information content (AvgIpc) is 2.75. The number of nitrogens with zero attached hydrogens (tertiary/aromatic N) is 3. The van der Waals surface area contributed by atoms with Crippen LogP contribution in [-0.2, 0) is 11.2 Å². The summed E-state index contributed by atoms with van der Waals surface area (Å²) in [4.78, 5) is 21.1. The van der Waals surface area contributed by atoms with Gasteiger partial charge in [-0.1, -0.05) is 0 Å². The topological polar surface area (TPSA) is 59.8 Å². The molecule has 0 radical (unpaired) electrons. The van der Waals surface area contributed by atoms with Crippen molar-refractivity contribution in [1.29, 1.82) is 0 Å². The predicted molar refractivity (Wildman–Crippen MR) is 79.9 cm³/mol. The van der Waals surface area contributed by atoms with Gasteiger partial charge in [-0.15, -0.1) is 11.6 Å². The summed E-state index contributed by atoms with van der Waals surface area (Å²) in [7, 11) is 0. The monoisotopic (exact) mass is 294 g/mol. The molecule has 0 bridgehead atoms. The normalized spacial score (nSPS) is 12.8. The molecule has 20 heavy (non-hydrogen) atoms. The van der Waals surface area contributed by atoms with Gasteiger partial charge >= 0.3 is 0 Å². The first-order chi connectivity index (χ1) is 9.54. The van der Waals surface area contributed by atoms with E-state index >= 15 is 0 Å². The second-order valence-electron chi connectivity index (χ2n) is 5.02. The summed E-state index contributed by atoms with van der Waals surface area (Å²) < 4.78 is 1.87. The molecule has 1 N–H and O–H groups in total. The van der Waals surface area contributed by atoms with Crippen molar-refractivity contribution in [3.63, 3.8) is 0 Å². The summed E-state index contributed by atoms with van der Waals surface area (Å²) in [5, 5.41) is 2.92. The van der Waals surface area contributed by atoms with Gasteiger partial charge in [0.2, 0.25) is 5.91 Å². The minimum Gasteiger partial charge on any atom is -0.352 e. The number of aryl methyl sites for hydroxylation is 1. The molecule has 0 aromatic carbocycles. The number of pyridine rings is 1. The Morgan fingerprint density at radius 1 is 1.45 bits per heavy atom. The highest BCUT2D eigenvalue weighted by Crippen LogP contribution is 2.20. The second-order valence-corrected chi connectivity index (χ2v) is 5.40. The first-order valence-corrected chi connectivity index (χ1v) is 7.26. The van der Waals surface area contributed by atoms with Crippen molar-refractivity contribution < 1.29 is 4.79 Å². The molecule has 1 amide bonds. The van der Waals surface area contributed by atoms with Gasteiger partial charge in [-0.25, -0.2) is 9.97 Å². The van der Waals surface area contributed by atoms with E-state index in [1.807, 2.05) is 37.5 Å². The Bertz CT molecular complexity index is 608. The highest BCUT2D eigenvalue weighted by atomic mass is 35.5. The molecule has 0 spiro atoms. The van der Waals surface area contributed by atoms with Gasteiger partial charge in [0.05, 0.1) is 0 Å². The van der Waals surface area contributed by atoms with Crippen LogP contribution in [0.1, 0.15) is 32.6 Å². The number of fused-ring (bicyclic) bond motifs is 1. The molecule has 108 valence electrons. The largest absolute Gasteiger partial charge is 0.352 e. The minimum absolute atomic E-state index is 0.0409. The second kappa shape index (κ2) is 6.22. The van der Waals surface area contributed by atoms with Crippen LogP contribution in [-0.4, -0.2) is 32.4 Å². The number of hydrogen-bond donors (Lipinski definition) is 1. The number of carbonyl (C=O) groups is 1. The SMILES string of the molecule is CC(C)NC(=O)C(C)n1c(CCCl)nc2cccnc21. The van der Waals surface area contributed by atoms with Gasteiger partial charge < -0.3 is 9.88 Å². The maximum atomic E-state index is 12.2. The summed E-state index contributed by atoms with van der Waals surface area (Å²) in [5.41, 5.74) is 1.51. The Kier molecular flexibility index (Phi) is 4.60. The maximum Gasteiger partial charge on any atom is 0.243 e. The lowest BCUT2D eigenvalue weighted by molar-refractivity contribution is -0.124. The van der Waals surface area contributed by atoms with Crippen LogP contribution in [0, 0.1) is 0 Å². The molecule has 2 aromatic heterocycles. The highest BCUT2D eigenvalue weighted by molar-refractivity contribution is 6.17. The summed E-state index contributed by atoms with van der Waals surface area (Å²) in [6.07, 6.45) is 2.31. The lowest BCUT2D eigenvalue weighted by atomic mass is 10.2. The number of hydrogen-bond acceptors (Lipinski definition) is 3. The van der Waals surface area contributed by atoms with E-state index in [1.165, 1.54) is 0 Å². The van der Waals surface area contributed by atoms with Crippen LogP contribution in [0.25, 0.3) is 11.2 Å². The van der Waals surface area contributed by atoms with Gasteiger partial charge in [-0.2, -0.15) is 0 Å². The average molecular weight is 295 g/mol. The number of nitrogens with one attached hydrogen (secondary N) is 1. The first kappa shape index (κ1) is 14.8. The zero-order valence-corrected chi connectivity index (χ0v) is 12.7. The number of alkyl halides is 1. The number of aromatic nitrogens is 3. The van der Waals surface area contributed by atoms with Crippen LogP contribution in [0.4, 0.5) is 0 Å². The van der Waals surface area contributed by atoms with E-state index in [9.17, 15) is 4.79 Å². The third-order valence-corrected chi connectivity index (χ3v) is 3.23. The molecule has 6 heteroatoms. The van der Waals surface area contributed by atoms with Crippen molar-refractivity contribution in [2.45, 2.75) is 39.3 Å². The van der Waals surface area contributed by atoms with Crippen molar-refractivity contribution in [3.8, 4) is 0 Å². The van der Waals surface area contributed by atoms with Crippen LogP contribution < -0.4 is 5.32 Å². The van der Waals surface area contributed by atoms with E-state index in [4.69, 9.17) is 11.6 Å². The lowest BCUT2D eigenvalue weighted by Crippen LogP contribution is -2.36. The van der Waals surface area contributed by atoms with Crippen molar-refractivity contribution in [3.05, 3.63) is 24.2 Å². The molecule has 5 nitrogen and oxygen atoms in total. The Hall–Kier alpha value is -1.62. The Labute approximate surface area is 123 Å². The van der Waals surface area contributed by atoms with Gasteiger partial charge in [0, 0.05) is 24.5 Å². The smallest absolute Gasteiger partial charge is 0.243 e. The molecule has 0 saturated heterocycles. The molecule has 1 unspecified atom stereocenters. The van der Waals surface area contributed by atoms with Crippen LogP contribution >= 0.6 is 11.6 Å². The standard InChI is InChI=1S/C14H19ClN4O/c1-9(2)17-14(20)10(3)19-12(6-7-15)18-11-5-4-8-16-13(11)19/h4-5,8-10H,6-7H2,1-3H3,(H,17,20). The van der Waals surface area contributed by atoms with Gasteiger partial charge in [0.15, 0.2) is 5.65 Å². The third kappa shape index (κ3) is 2.93. The van der Waals surface area contributed by atoms with Gasteiger partial charge in [-0.3, -0.25) is 4.79 Å². The van der Waals surface area contributed by atoms with Gasteiger partial charge in [-0.05, 0) is 32.9 Å². The van der Waals surface area contributed by atoms with E-state index in [1.54, 1.807) is 6.20 Å². The molecule has 0 aliphatic heterocycles. The Morgan fingerprint density at radius 2 is 2.20 bits per heavy atom. The van der Waals surface area contributed by atoms with Gasteiger partial charge in [0.25, 0.3) is 0 Å². The van der Waals surface area contributed by atoms with Crippen LogP contribution in [0.3, 0.4) is 0 Å². The Morgan fingerprint density at radius 3 is 2.85 bits per heavy atom. The van der Waals surface area contributed by atoms with Crippen molar-refractivity contribution >= 4 is 28.7 Å². The fourth-order valence-electron chi connectivity index (χ4n) is 2.17. The Balaban J connectivity index is 2.45. The number of carbonyl (C=O) groups excluding carboxylic acids is 1. The summed E-state index contributed by atoms with van der Waals surface area (Å²) in [5.74, 6) is 1.21. The summed E-state index contributed by atoms with van der Waals surface area (Å²) >= 11 is 5.83. The van der Waals surface area contributed by atoms with Crippen molar-refractivity contribution in [2.24, 2.45) is 0 Å². The molecule has 2 rings (SSSR count). The lowest BCUT2D eigenvalue weighted by Gasteiger charge is -2.18. The number of imidazole rings is 1. The fraction of sp³-hybridized carbons (Fsp3) is 0.500. The van der Waals surface area contributed by atoms with Crippen LogP contribution in [0.2, 0.25) is 0 Å². The molecule has 2 aromatic rings. The van der Waals surface area contributed by atoms with E-state index in [2.05, 4.69) is 15.3 Å². The number of halogens is 1. The van der Waals surface area contributed by atoms with E-state index in [0.717, 1.165) is 17.0 Å². The maximum absolute atomic E-state index is 12.2. The van der Waals surface area contributed by atoms with E-state index < -0.39 is 0 Å². The predicted octanol–water partition coefficient (Wildman–Crippen LogP) is 2.30. The van der Waals surface area contributed by atoms with Crippen molar-refractivity contribution in [1.82, 2.24) is 19.9 Å². The van der Waals surface area contributed by atoms with E-state index in [0.29, 0.717) is 12.3 Å². The van der Waals surface area contributed by atoms with Gasteiger partial charge in [0.1, 0.15) is 17.4 Å². The zero-order chi connectivity index (χ0) is 14.7.